The molecule has 1 atom stereocenters. The Kier molecular flexibility index (Phi) is 2.98. The minimum Gasteiger partial charge on any atom is -0.370 e. The van der Waals surface area contributed by atoms with Gasteiger partial charge < -0.3 is 11.1 Å². The normalized spacial score (nSPS) is 30.2. The monoisotopic (exact) mass is 199 g/mol. The molecule has 4 heteroatoms. The molecule has 3 nitrogen and oxygen atoms in total. The van der Waals surface area contributed by atoms with Crippen molar-refractivity contribution in [1.82, 2.24) is 5.32 Å². The number of nitrogens with one attached hydrogen (secondary N) is 1. The zero-order chi connectivity index (χ0) is 9.10. The summed E-state index contributed by atoms with van der Waals surface area (Å²) in [6, 6.07) is 1.09. The van der Waals surface area contributed by atoms with Gasteiger partial charge in [-0.1, -0.05) is 0 Å². The zero-order valence-electron chi connectivity index (χ0n) is 7.83. The van der Waals surface area contributed by atoms with Crippen LogP contribution in [0.4, 0.5) is 0 Å². The van der Waals surface area contributed by atoms with E-state index in [9.17, 15) is 0 Å². The third kappa shape index (κ3) is 3.10. The number of nitrogens with two attached hydrogens (primary N) is 1. The molecule has 1 aliphatic heterocycles. The van der Waals surface area contributed by atoms with Crippen molar-refractivity contribution in [2.75, 3.05) is 11.5 Å². The molecule has 2 fully saturated rings. The third-order valence-corrected chi connectivity index (χ3v) is 3.60. The van der Waals surface area contributed by atoms with E-state index in [0.717, 1.165) is 0 Å². The van der Waals surface area contributed by atoms with Crippen molar-refractivity contribution in [2.45, 2.75) is 37.8 Å². The predicted octanol–water partition coefficient (Wildman–Crippen LogP) is 0.949. The number of hydrogen-bond donors (Lipinski definition) is 2. The Morgan fingerprint density at radius 1 is 1.38 bits per heavy atom. The molecule has 1 saturated heterocycles. The van der Waals surface area contributed by atoms with Gasteiger partial charge in [0.05, 0.1) is 6.04 Å². The van der Waals surface area contributed by atoms with E-state index in [0.29, 0.717) is 18.0 Å². The Bertz CT molecular complexity index is 195. The van der Waals surface area contributed by atoms with E-state index < -0.39 is 0 Å². The molecule has 0 bridgehead atoms. The highest BCUT2D eigenvalue weighted by atomic mass is 32.2. The van der Waals surface area contributed by atoms with Crippen LogP contribution in [-0.4, -0.2) is 29.5 Å². The van der Waals surface area contributed by atoms with Crippen molar-refractivity contribution in [3.8, 4) is 0 Å². The van der Waals surface area contributed by atoms with Gasteiger partial charge in [0.15, 0.2) is 5.96 Å². The van der Waals surface area contributed by atoms with Crippen molar-refractivity contribution in [3.05, 3.63) is 0 Å². The second-order valence-corrected chi connectivity index (χ2v) is 4.95. The minimum absolute atomic E-state index is 0.531. The van der Waals surface area contributed by atoms with Gasteiger partial charge in [-0.3, -0.25) is 4.99 Å². The molecule has 0 aromatic heterocycles. The van der Waals surface area contributed by atoms with E-state index in [-0.39, 0.29) is 0 Å². The molecule has 2 rings (SSSR count). The molecular formula is C9H17N3S. The van der Waals surface area contributed by atoms with E-state index >= 15 is 0 Å². The average Bonchev–Trinajstić information content (AvgIpc) is 2.90. The summed E-state index contributed by atoms with van der Waals surface area (Å²) >= 11 is 2.01. The number of aliphatic imine (C=N–C) groups is 1. The number of thioether (sulfide) groups is 1. The van der Waals surface area contributed by atoms with Gasteiger partial charge in [-0.2, -0.15) is 11.8 Å². The van der Waals surface area contributed by atoms with Crippen LogP contribution in [0.25, 0.3) is 0 Å². The van der Waals surface area contributed by atoms with Crippen molar-refractivity contribution < 1.29 is 0 Å². The van der Waals surface area contributed by atoms with Gasteiger partial charge in [-0.25, -0.2) is 0 Å². The molecule has 0 radical (unpaired) electrons. The summed E-state index contributed by atoms with van der Waals surface area (Å²) in [6.07, 6.45) is 5.00. The zero-order valence-corrected chi connectivity index (χ0v) is 8.65. The fourth-order valence-electron chi connectivity index (χ4n) is 1.50. The van der Waals surface area contributed by atoms with E-state index in [4.69, 9.17) is 5.73 Å². The SMILES string of the molecule is NC(=NC1CC1)NC1CCCSC1. The topological polar surface area (TPSA) is 50.4 Å². The fourth-order valence-corrected chi connectivity index (χ4v) is 2.57. The molecule has 13 heavy (non-hydrogen) atoms. The summed E-state index contributed by atoms with van der Waals surface area (Å²) in [5, 5.41) is 3.30. The van der Waals surface area contributed by atoms with Gasteiger partial charge in [-0.15, -0.1) is 0 Å². The number of rotatable bonds is 2. The van der Waals surface area contributed by atoms with Gasteiger partial charge in [0.25, 0.3) is 0 Å². The smallest absolute Gasteiger partial charge is 0.189 e. The van der Waals surface area contributed by atoms with Crippen LogP contribution in [0.15, 0.2) is 4.99 Å². The molecule has 1 aliphatic carbocycles. The lowest BCUT2D eigenvalue weighted by Gasteiger charge is -2.22. The highest BCUT2D eigenvalue weighted by molar-refractivity contribution is 7.99. The van der Waals surface area contributed by atoms with Crippen LogP contribution in [0.2, 0.25) is 0 Å². The van der Waals surface area contributed by atoms with E-state index in [1.165, 1.54) is 37.2 Å². The van der Waals surface area contributed by atoms with Crippen LogP contribution in [0.5, 0.6) is 0 Å². The second kappa shape index (κ2) is 4.22. The van der Waals surface area contributed by atoms with Gasteiger partial charge in [0.2, 0.25) is 0 Å². The van der Waals surface area contributed by atoms with Crippen LogP contribution >= 0.6 is 11.8 Å². The molecule has 1 unspecified atom stereocenters. The number of guanidine groups is 1. The molecule has 0 aromatic carbocycles. The second-order valence-electron chi connectivity index (χ2n) is 3.80. The first-order valence-corrected chi connectivity index (χ1v) is 6.17. The van der Waals surface area contributed by atoms with Gasteiger partial charge in [-0.05, 0) is 31.4 Å². The summed E-state index contributed by atoms with van der Waals surface area (Å²) in [5.74, 6) is 3.15. The number of nitrogens with zero attached hydrogens (tertiary/aromatic N) is 1. The molecule has 1 heterocycles. The molecule has 74 valence electrons. The molecule has 1 saturated carbocycles. The quantitative estimate of drug-likeness (QED) is 0.514. The van der Waals surface area contributed by atoms with Gasteiger partial charge in [0, 0.05) is 11.8 Å². The Hall–Kier alpha value is -0.380. The maximum atomic E-state index is 5.78. The summed E-state index contributed by atoms with van der Waals surface area (Å²) in [4.78, 5) is 4.36. The molecule has 0 aromatic rings. The van der Waals surface area contributed by atoms with Gasteiger partial charge >= 0.3 is 0 Å². The van der Waals surface area contributed by atoms with Crippen LogP contribution in [0.3, 0.4) is 0 Å². The van der Waals surface area contributed by atoms with Crippen molar-refractivity contribution in [1.29, 1.82) is 0 Å². The Balaban J connectivity index is 1.74. The molecule has 0 amide bonds. The standard InChI is InChI=1S/C9H17N3S/c10-9(11-7-3-4-7)12-8-2-1-5-13-6-8/h7-8H,1-6H2,(H3,10,11,12). The lowest BCUT2D eigenvalue weighted by Crippen LogP contribution is -2.42. The Morgan fingerprint density at radius 3 is 2.85 bits per heavy atom. The highest BCUT2D eigenvalue weighted by Gasteiger charge is 2.21. The van der Waals surface area contributed by atoms with Crippen molar-refractivity contribution >= 4 is 17.7 Å². The van der Waals surface area contributed by atoms with E-state index in [2.05, 4.69) is 10.3 Å². The molecule has 3 N–H and O–H groups in total. The minimum atomic E-state index is 0.531. The maximum absolute atomic E-state index is 5.78. The first kappa shape index (κ1) is 9.19. The predicted molar refractivity (Wildman–Crippen MR) is 58.1 cm³/mol. The fraction of sp³-hybridized carbons (Fsp3) is 0.889. The molecule has 0 spiro atoms. The number of hydrogen-bond acceptors (Lipinski definition) is 2. The first-order valence-electron chi connectivity index (χ1n) is 5.02. The molecular weight excluding hydrogens is 182 g/mol. The van der Waals surface area contributed by atoms with E-state index in [1.807, 2.05) is 11.8 Å². The van der Waals surface area contributed by atoms with Crippen LogP contribution in [0.1, 0.15) is 25.7 Å². The van der Waals surface area contributed by atoms with E-state index in [1.54, 1.807) is 0 Å². The highest BCUT2D eigenvalue weighted by Crippen LogP contribution is 2.23. The van der Waals surface area contributed by atoms with Crippen LogP contribution in [-0.2, 0) is 0 Å². The van der Waals surface area contributed by atoms with Crippen molar-refractivity contribution in [3.63, 3.8) is 0 Å². The lowest BCUT2D eigenvalue weighted by molar-refractivity contribution is 0.590. The largest absolute Gasteiger partial charge is 0.370 e. The van der Waals surface area contributed by atoms with Crippen LogP contribution in [0, 0.1) is 0 Å². The summed E-state index contributed by atoms with van der Waals surface area (Å²) in [5.41, 5.74) is 5.78. The Morgan fingerprint density at radius 2 is 2.23 bits per heavy atom. The first-order chi connectivity index (χ1) is 6.34. The Labute approximate surface area is 83.6 Å². The summed E-state index contributed by atoms with van der Waals surface area (Å²) in [6.45, 7) is 0. The average molecular weight is 199 g/mol. The maximum Gasteiger partial charge on any atom is 0.189 e. The summed E-state index contributed by atoms with van der Waals surface area (Å²) in [7, 11) is 0. The van der Waals surface area contributed by atoms with Crippen LogP contribution < -0.4 is 11.1 Å². The summed E-state index contributed by atoms with van der Waals surface area (Å²) < 4.78 is 0. The molecule has 2 aliphatic rings. The van der Waals surface area contributed by atoms with Crippen molar-refractivity contribution in [2.24, 2.45) is 10.7 Å². The lowest BCUT2D eigenvalue weighted by atomic mass is 10.2. The van der Waals surface area contributed by atoms with Gasteiger partial charge in [0.1, 0.15) is 0 Å². The third-order valence-electron chi connectivity index (χ3n) is 2.38.